The van der Waals surface area contributed by atoms with E-state index in [0.717, 1.165) is 29.5 Å². The number of hydrogen-bond donors (Lipinski definition) is 3. The molecular weight excluding hydrogens is 292 g/mol. The zero-order valence-corrected chi connectivity index (χ0v) is 13.5. The van der Waals surface area contributed by atoms with Crippen LogP contribution in [0.1, 0.15) is 58.5 Å². The predicted octanol–water partition coefficient (Wildman–Crippen LogP) is 2.18. The van der Waals surface area contributed by atoms with Gasteiger partial charge in [-0.05, 0) is 35.6 Å². The molecule has 0 aliphatic carbocycles. The summed E-state index contributed by atoms with van der Waals surface area (Å²) in [4.78, 5) is 24.0. The summed E-state index contributed by atoms with van der Waals surface area (Å²) in [6.45, 7) is 4.02. The van der Waals surface area contributed by atoms with Gasteiger partial charge < -0.3 is 11.5 Å². The van der Waals surface area contributed by atoms with E-state index in [-0.39, 0.29) is 0 Å². The van der Waals surface area contributed by atoms with E-state index >= 15 is 0 Å². The van der Waals surface area contributed by atoms with Crippen LogP contribution in [0.4, 0.5) is 0 Å². The molecule has 6 heteroatoms. The normalized spacial score (nSPS) is 10.7. The van der Waals surface area contributed by atoms with Crippen molar-refractivity contribution in [2.45, 2.75) is 39.5 Å². The quantitative estimate of drug-likeness (QED) is 0.727. The number of aromatic nitrogens is 2. The van der Waals surface area contributed by atoms with Crippen molar-refractivity contribution in [1.29, 1.82) is 0 Å². The second-order valence-corrected chi connectivity index (χ2v) is 5.52. The topological polar surface area (TPSA) is 115 Å². The Kier molecular flexibility index (Phi) is 5.16. The zero-order chi connectivity index (χ0) is 17.0. The molecule has 122 valence electrons. The average Bonchev–Trinajstić information content (AvgIpc) is 3.01. The highest BCUT2D eigenvalue weighted by Crippen LogP contribution is 2.32. The number of benzene rings is 1. The van der Waals surface area contributed by atoms with E-state index in [9.17, 15) is 9.59 Å². The number of carbonyl (C=O) groups is 2. The fourth-order valence-electron chi connectivity index (χ4n) is 2.96. The molecule has 2 rings (SSSR count). The third kappa shape index (κ3) is 3.26. The first kappa shape index (κ1) is 16.7. The molecule has 0 fully saturated rings. The van der Waals surface area contributed by atoms with E-state index in [0.29, 0.717) is 29.5 Å². The Labute approximate surface area is 135 Å². The van der Waals surface area contributed by atoms with E-state index in [1.54, 1.807) is 18.5 Å². The molecule has 0 spiro atoms. The van der Waals surface area contributed by atoms with Crippen LogP contribution in [0.3, 0.4) is 0 Å². The van der Waals surface area contributed by atoms with Crippen molar-refractivity contribution in [1.82, 2.24) is 10.2 Å². The first-order chi connectivity index (χ1) is 11.0. The van der Waals surface area contributed by atoms with Crippen LogP contribution in [0, 0.1) is 0 Å². The molecule has 1 aromatic heterocycles. The third-order valence-electron chi connectivity index (χ3n) is 3.86. The SMILES string of the molecule is CCCc1c(C(N)=O)cc(-c2cn[nH]c2)c(CCC)c1C(N)=O. The van der Waals surface area contributed by atoms with Gasteiger partial charge in [0.1, 0.15) is 0 Å². The molecule has 0 unspecified atom stereocenters. The number of hydrogen-bond acceptors (Lipinski definition) is 3. The summed E-state index contributed by atoms with van der Waals surface area (Å²) in [7, 11) is 0. The van der Waals surface area contributed by atoms with E-state index < -0.39 is 11.8 Å². The molecule has 0 aliphatic heterocycles. The van der Waals surface area contributed by atoms with Gasteiger partial charge in [0, 0.05) is 22.9 Å². The molecule has 0 atom stereocenters. The van der Waals surface area contributed by atoms with Crippen LogP contribution in [0.5, 0.6) is 0 Å². The Bertz CT molecular complexity index is 721. The molecule has 0 bridgehead atoms. The summed E-state index contributed by atoms with van der Waals surface area (Å²) in [5, 5.41) is 6.70. The summed E-state index contributed by atoms with van der Waals surface area (Å²) in [6, 6.07) is 1.76. The van der Waals surface area contributed by atoms with Gasteiger partial charge in [-0.25, -0.2) is 0 Å². The van der Waals surface area contributed by atoms with Gasteiger partial charge in [-0.1, -0.05) is 26.7 Å². The molecule has 6 nitrogen and oxygen atoms in total. The number of carbonyl (C=O) groups excluding carboxylic acids is 2. The van der Waals surface area contributed by atoms with Gasteiger partial charge in [0.25, 0.3) is 0 Å². The Hall–Kier alpha value is -2.63. The van der Waals surface area contributed by atoms with Crippen molar-refractivity contribution in [3.63, 3.8) is 0 Å². The maximum absolute atomic E-state index is 12.1. The van der Waals surface area contributed by atoms with E-state index in [1.807, 2.05) is 13.8 Å². The number of nitrogens with two attached hydrogens (primary N) is 2. The lowest BCUT2D eigenvalue weighted by molar-refractivity contribution is 0.0998. The maximum atomic E-state index is 12.1. The highest BCUT2D eigenvalue weighted by Gasteiger charge is 2.23. The van der Waals surface area contributed by atoms with Gasteiger partial charge in [0.2, 0.25) is 11.8 Å². The van der Waals surface area contributed by atoms with E-state index in [1.165, 1.54) is 0 Å². The molecule has 1 aromatic carbocycles. The Morgan fingerprint density at radius 3 is 2.22 bits per heavy atom. The Balaban J connectivity index is 2.86. The largest absolute Gasteiger partial charge is 0.366 e. The number of nitrogens with zero attached hydrogens (tertiary/aromatic N) is 1. The lowest BCUT2D eigenvalue weighted by Crippen LogP contribution is -2.22. The number of H-pyrrole nitrogens is 1. The standard InChI is InChI=1S/C17H22N4O2/c1-3-5-11-13(10-8-20-21-9-10)7-14(16(18)22)12(6-4-2)15(11)17(19)23/h7-9H,3-6H2,1-2H3,(H2,18,22)(H2,19,23)(H,20,21). The highest BCUT2D eigenvalue weighted by molar-refractivity contribution is 6.04. The minimum atomic E-state index is -0.552. The number of aromatic amines is 1. The average molecular weight is 314 g/mol. The molecule has 23 heavy (non-hydrogen) atoms. The molecule has 0 aliphatic rings. The second-order valence-electron chi connectivity index (χ2n) is 5.52. The second kappa shape index (κ2) is 7.09. The van der Waals surface area contributed by atoms with Crippen molar-refractivity contribution >= 4 is 11.8 Å². The van der Waals surface area contributed by atoms with Gasteiger partial charge in [-0.3, -0.25) is 14.7 Å². The molecule has 1 heterocycles. The van der Waals surface area contributed by atoms with Crippen LogP contribution < -0.4 is 11.5 Å². The van der Waals surface area contributed by atoms with E-state index in [2.05, 4.69) is 10.2 Å². The van der Waals surface area contributed by atoms with Gasteiger partial charge in [0.05, 0.1) is 6.20 Å². The first-order valence-corrected chi connectivity index (χ1v) is 7.78. The Morgan fingerprint density at radius 1 is 1.09 bits per heavy atom. The number of rotatable bonds is 7. The minimum Gasteiger partial charge on any atom is -0.366 e. The highest BCUT2D eigenvalue weighted by atomic mass is 16.1. The van der Waals surface area contributed by atoms with Gasteiger partial charge in [0.15, 0.2) is 0 Å². The molecular formula is C17H22N4O2. The van der Waals surface area contributed by atoms with Crippen LogP contribution in [-0.2, 0) is 12.8 Å². The number of amides is 2. The lowest BCUT2D eigenvalue weighted by atomic mass is 9.85. The fourth-order valence-corrected chi connectivity index (χ4v) is 2.96. The molecule has 2 amide bonds. The fraction of sp³-hybridized carbons (Fsp3) is 0.353. The van der Waals surface area contributed by atoms with Crippen molar-refractivity contribution < 1.29 is 9.59 Å². The minimum absolute atomic E-state index is 0.358. The number of primary amides is 2. The molecule has 0 saturated heterocycles. The van der Waals surface area contributed by atoms with Crippen LogP contribution in [0.15, 0.2) is 18.5 Å². The summed E-state index contributed by atoms with van der Waals surface area (Å²) >= 11 is 0. The van der Waals surface area contributed by atoms with Crippen LogP contribution >= 0.6 is 0 Å². The Morgan fingerprint density at radius 2 is 1.74 bits per heavy atom. The maximum Gasteiger partial charge on any atom is 0.249 e. The van der Waals surface area contributed by atoms with Crippen molar-refractivity contribution in [3.8, 4) is 11.1 Å². The van der Waals surface area contributed by atoms with Crippen LogP contribution in [0.25, 0.3) is 11.1 Å². The van der Waals surface area contributed by atoms with Crippen molar-refractivity contribution in [2.24, 2.45) is 11.5 Å². The number of nitrogens with one attached hydrogen (secondary N) is 1. The molecule has 2 aromatic rings. The summed E-state index contributed by atoms with van der Waals surface area (Å²) in [6.07, 6.45) is 6.30. The van der Waals surface area contributed by atoms with E-state index in [4.69, 9.17) is 11.5 Å². The summed E-state index contributed by atoms with van der Waals surface area (Å²) in [5.41, 5.74) is 15.1. The van der Waals surface area contributed by atoms with Gasteiger partial charge >= 0.3 is 0 Å². The smallest absolute Gasteiger partial charge is 0.249 e. The van der Waals surface area contributed by atoms with Gasteiger partial charge in [-0.2, -0.15) is 5.10 Å². The van der Waals surface area contributed by atoms with Crippen molar-refractivity contribution in [3.05, 3.63) is 40.7 Å². The first-order valence-electron chi connectivity index (χ1n) is 7.78. The zero-order valence-electron chi connectivity index (χ0n) is 13.5. The predicted molar refractivity (Wildman–Crippen MR) is 89.0 cm³/mol. The monoisotopic (exact) mass is 314 g/mol. The van der Waals surface area contributed by atoms with Crippen molar-refractivity contribution in [2.75, 3.05) is 0 Å². The molecule has 5 N–H and O–H groups in total. The summed E-state index contributed by atoms with van der Waals surface area (Å²) < 4.78 is 0. The van der Waals surface area contributed by atoms with Crippen LogP contribution in [-0.4, -0.2) is 22.0 Å². The molecule has 0 radical (unpaired) electrons. The lowest BCUT2D eigenvalue weighted by Gasteiger charge is -2.19. The van der Waals surface area contributed by atoms with Crippen LogP contribution in [0.2, 0.25) is 0 Å². The summed E-state index contributed by atoms with van der Waals surface area (Å²) in [5.74, 6) is -1.08. The molecule has 0 saturated carbocycles. The third-order valence-corrected chi connectivity index (χ3v) is 3.86. The van der Waals surface area contributed by atoms with Gasteiger partial charge in [-0.15, -0.1) is 0 Å².